The average Bonchev–Trinajstić information content (AvgIpc) is 2.67. The molecule has 2 N–H and O–H groups in total. The Morgan fingerprint density at radius 1 is 1.27 bits per heavy atom. The SMILES string of the molecule is COC(=O)c1cnc(N[C@@H](C)c2cc3c(=O)[nH]c(C)nc3c(F)c2C(F)(F)F)nc1. The normalized spacial score (nSPS) is 12.6. The van der Waals surface area contributed by atoms with Gasteiger partial charge in [-0.15, -0.1) is 0 Å². The van der Waals surface area contributed by atoms with Gasteiger partial charge >= 0.3 is 12.1 Å². The number of hydrogen-bond acceptors (Lipinski definition) is 7. The maximum absolute atomic E-state index is 14.8. The number of anilines is 1. The van der Waals surface area contributed by atoms with Gasteiger partial charge in [-0.1, -0.05) is 0 Å². The van der Waals surface area contributed by atoms with Crippen LogP contribution in [0.15, 0.2) is 23.3 Å². The summed E-state index contributed by atoms with van der Waals surface area (Å²) in [6, 6.07) is -0.210. The van der Waals surface area contributed by atoms with Crippen LogP contribution in [0.2, 0.25) is 0 Å². The number of methoxy groups -OCH3 is 1. The van der Waals surface area contributed by atoms with Gasteiger partial charge in [0, 0.05) is 12.4 Å². The summed E-state index contributed by atoms with van der Waals surface area (Å²) in [5.41, 5.74) is -3.46. The highest BCUT2D eigenvalue weighted by Gasteiger charge is 2.39. The lowest BCUT2D eigenvalue weighted by Crippen LogP contribution is -2.21. The standard InChI is InChI=1S/C18H15F4N5O3/c1-7(25-17-23-5-9(6-24-17)16(29)30-3)10-4-11-14(26-8(2)27-15(11)28)13(19)12(10)18(20,21)22/h4-7H,1-3H3,(H,23,24,25)(H,26,27,28)/t7-/m0/s1. The molecule has 12 heteroatoms. The summed E-state index contributed by atoms with van der Waals surface area (Å²) in [5, 5.41) is 2.28. The second-order valence-electron chi connectivity index (χ2n) is 6.35. The Kier molecular flexibility index (Phi) is 5.42. The predicted molar refractivity (Wildman–Crippen MR) is 97.5 cm³/mol. The fourth-order valence-corrected chi connectivity index (χ4v) is 2.90. The van der Waals surface area contributed by atoms with E-state index in [0.29, 0.717) is 0 Å². The van der Waals surface area contributed by atoms with Gasteiger partial charge in [-0.2, -0.15) is 13.2 Å². The number of halogens is 4. The van der Waals surface area contributed by atoms with Gasteiger partial charge in [0.05, 0.1) is 29.7 Å². The molecule has 0 saturated carbocycles. The molecule has 0 amide bonds. The smallest absolute Gasteiger partial charge is 0.419 e. The lowest BCUT2D eigenvalue weighted by molar-refractivity contribution is -0.140. The zero-order valence-electron chi connectivity index (χ0n) is 15.9. The summed E-state index contributed by atoms with van der Waals surface area (Å²) >= 11 is 0. The summed E-state index contributed by atoms with van der Waals surface area (Å²) in [6.45, 7) is 2.66. The van der Waals surface area contributed by atoms with E-state index in [1.165, 1.54) is 21.0 Å². The molecule has 1 aromatic carbocycles. The van der Waals surface area contributed by atoms with Crippen LogP contribution in [0.4, 0.5) is 23.5 Å². The maximum atomic E-state index is 14.8. The second-order valence-corrected chi connectivity index (χ2v) is 6.35. The monoisotopic (exact) mass is 425 g/mol. The van der Waals surface area contributed by atoms with Crippen LogP contribution in [-0.2, 0) is 10.9 Å². The zero-order valence-corrected chi connectivity index (χ0v) is 15.9. The van der Waals surface area contributed by atoms with Crippen molar-refractivity contribution in [3.8, 4) is 0 Å². The van der Waals surface area contributed by atoms with Gasteiger partial charge in [-0.25, -0.2) is 24.1 Å². The number of aromatic amines is 1. The van der Waals surface area contributed by atoms with Crippen molar-refractivity contribution in [2.24, 2.45) is 0 Å². The number of nitrogens with zero attached hydrogens (tertiary/aromatic N) is 3. The minimum absolute atomic E-state index is 0.0162. The number of carbonyl (C=O) groups is 1. The van der Waals surface area contributed by atoms with E-state index >= 15 is 0 Å². The topological polar surface area (TPSA) is 110 Å². The molecule has 30 heavy (non-hydrogen) atoms. The fraction of sp³-hybridized carbons (Fsp3) is 0.278. The number of alkyl halides is 3. The highest BCUT2D eigenvalue weighted by atomic mass is 19.4. The Hall–Kier alpha value is -3.57. The van der Waals surface area contributed by atoms with E-state index in [4.69, 9.17) is 0 Å². The number of benzene rings is 1. The average molecular weight is 425 g/mol. The van der Waals surface area contributed by atoms with Crippen LogP contribution in [-0.4, -0.2) is 33.0 Å². The van der Waals surface area contributed by atoms with Crippen LogP contribution in [0.25, 0.3) is 10.9 Å². The molecule has 0 aliphatic heterocycles. The molecule has 8 nitrogen and oxygen atoms in total. The predicted octanol–water partition coefficient (Wildman–Crippen LogP) is 3.14. The van der Waals surface area contributed by atoms with Crippen molar-refractivity contribution in [1.82, 2.24) is 19.9 Å². The molecule has 3 aromatic rings. The molecular formula is C18H15F4N5O3. The molecular weight excluding hydrogens is 410 g/mol. The number of carbonyl (C=O) groups excluding carboxylic acids is 1. The Morgan fingerprint density at radius 2 is 1.90 bits per heavy atom. The first-order chi connectivity index (χ1) is 14.0. The Morgan fingerprint density at radius 3 is 2.47 bits per heavy atom. The molecule has 0 aliphatic carbocycles. The van der Waals surface area contributed by atoms with E-state index in [0.717, 1.165) is 18.5 Å². The summed E-state index contributed by atoms with van der Waals surface area (Å²) < 4.78 is 60.3. The van der Waals surface area contributed by atoms with Crippen LogP contribution in [0, 0.1) is 12.7 Å². The van der Waals surface area contributed by atoms with Crippen LogP contribution in [0.5, 0.6) is 0 Å². The fourth-order valence-electron chi connectivity index (χ4n) is 2.90. The van der Waals surface area contributed by atoms with E-state index < -0.39 is 46.2 Å². The largest absolute Gasteiger partial charge is 0.465 e. The molecule has 2 aromatic heterocycles. The van der Waals surface area contributed by atoms with Crippen molar-refractivity contribution in [2.45, 2.75) is 26.1 Å². The zero-order chi connectivity index (χ0) is 22.2. The van der Waals surface area contributed by atoms with Gasteiger partial charge < -0.3 is 15.0 Å². The summed E-state index contributed by atoms with van der Waals surface area (Å²) in [6.07, 6.45) is -2.80. The Balaban J connectivity index is 2.09. The molecule has 158 valence electrons. The first kappa shape index (κ1) is 21.1. The molecule has 2 heterocycles. The maximum Gasteiger partial charge on any atom is 0.419 e. The van der Waals surface area contributed by atoms with Gasteiger partial charge in [0.1, 0.15) is 11.3 Å². The molecule has 0 spiro atoms. The number of aryl methyl sites for hydroxylation is 1. The molecule has 0 radical (unpaired) electrons. The van der Waals surface area contributed by atoms with E-state index in [1.807, 2.05) is 0 Å². The Bertz CT molecular complexity index is 1180. The van der Waals surface area contributed by atoms with Crippen molar-refractivity contribution < 1.29 is 27.1 Å². The highest BCUT2D eigenvalue weighted by Crippen LogP contribution is 2.39. The van der Waals surface area contributed by atoms with Gasteiger partial charge in [-0.3, -0.25) is 4.79 Å². The third-order valence-corrected chi connectivity index (χ3v) is 4.26. The molecule has 1 atom stereocenters. The van der Waals surface area contributed by atoms with Gasteiger partial charge in [0.15, 0.2) is 5.82 Å². The summed E-state index contributed by atoms with van der Waals surface area (Å²) in [4.78, 5) is 37.3. The Labute approximate surface area is 166 Å². The van der Waals surface area contributed by atoms with E-state index in [-0.39, 0.29) is 22.7 Å². The number of rotatable bonds is 4. The van der Waals surface area contributed by atoms with Crippen LogP contribution < -0.4 is 10.9 Å². The number of esters is 1. The third-order valence-electron chi connectivity index (χ3n) is 4.26. The summed E-state index contributed by atoms with van der Waals surface area (Å²) in [7, 11) is 1.17. The number of aromatic nitrogens is 4. The number of hydrogen-bond donors (Lipinski definition) is 2. The van der Waals surface area contributed by atoms with Crippen molar-refractivity contribution in [1.29, 1.82) is 0 Å². The molecule has 0 aliphatic rings. The second kappa shape index (κ2) is 7.69. The van der Waals surface area contributed by atoms with Crippen LogP contribution in [0.1, 0.15) is 40.3 Å². The lowest BCUT2D eigenvalue weighted by Gasteiger charge is -2.21. The third kappa shape index (κ3) is 3.93. The highest BCUT2D eigenvalue weighted by molar-refractivity contribution is 5.88. The first-order valence-corrected chi connectivity index (χ1v) is 8.50. The summed E-state index contributed by atoms with van der Waals surface area (Å²) in [5.74, 6) is -2.45. The van der Waals surface area contributed by atoms with Crippen molar-refractivity contribution in [2.75, 3.05) is 12.4 Å². The van der Waals surface area contributed by atoms with E-state index in [1.54, 1.807) is 0 Å². The van der Waals surface area contributed by atoms with Gasteiger partial charge in [0.2, 0.25) is 5.95 Å². The van der Waals surface area contributed by atoms with Gasteiger partial charge in [0.25, 0.3) is 5.56 Å². The lowest BCUT2D eigenvalue weighted by atomic mass is 9.97. The quantitative estimate of drug-likeness (QED) is 0.488. The van der Waals surface area contributed by atoms with Gasteiger partial charge in [-0.05, 0) is 25.5 Å². The molecule has 0 saturated heterocycles. The number of H-pyrrole nitrogens is 1. The van der Waals surface area contributed by atoms with Crippen molar-refractivity contribution >= 4 is 22.8 Å². The number of ether oxygens (including phenoxy) is 1. The van der Waals surface area contributed by atoms with Crippen molar-refractivity contribution in [3.63, 3.8) is 0 Å². The number of fused-ring (bicyclic) bond motifs is 1. The minimum atomic E-state index is -5.04. The van der Waals surface area contributed by atoms with Crippen molar-refractivity contribution in [3.05, 3.63) is 57.1 Å². The van der Waals surface area contributed by atoms with E-state index in [9.17, 15) is 27.2 Å². The first-order valence-electron chi connectivity index (χ1n) is 8.50. The van der Waals surface area contributed by atoms with Crippen LogP contribution in [0.3, 0.4) is 0 Å². The van der Waals surface area contributed by atoms with Crippen LogP contribution >= 0.6 is 0 Å². The van der Waals surface area contributed by atoms with E-state index in [2.05, 4.69) is 30.0 Å². The molecule has 0 unspecified atom stereocenters. The molecule has 0 fully saturated rings. The molecule has 3 rings (SSSR count). The number of nitrogens with one attached hydrogen (secondary N) is 2. The minimum Gasteiger partial charge on any atom is -0.465 e. The molecule has 0 bridgehead atoms.